The van der Waals surface area contributed by atoms with Gasteiger partial charge in [0.25, 0.3) is 0 Å². The van der Waals surface area contributed by atoms with Gasteiger partial charge in [0, 0.05) is 24.7 Å². The van der Waals surface area contributed by atoms with Gasteiger partial charge in [-0.2, -0.15) is 0 Å². The van der Waals surface area contributed by atoms with Crippen LogP contribution < -0.4 is 10.6 Å². The van der Waals surface area contributed by atoms with Crippen LogP contribution in [0.2, 0.25) is 0 Å². The van der Waals surface area contributed by atoms with E-state index in [1.54, 1.807) is 24.6 Å². The molecule has 0 saturated heterocycles. The summed E-state index contributed by atoms with van der Waals surface area (Å²) >= 11 is 1.57. The van der Waals surface area contributed by atoms with Crippen LogP contribution in [0.3, 0.4) is 0 Å². The number of benzene rings is 1. The van der Waals surface area contributed by atoms with Crippen molar-refractivity contribution in [3.05, 3.63) is 52.5 Å². The van der Waals surface area contributed by atoms with E-state index in [1.165, 1.54) is 5.56 Å². The van der Waals surface area contributed by atoms with E-state index in [0.717, 1.165) is 30.7 Å². The average Bonchev–Trinajstić information content (AvgIpc) is 3.25. The summed E-state index contributed by atoms with van der Waals surface area (Å²) in [5, 5.41) is 9.42. The maximum atomic E-state index is 13.1. The van der Waals surface area contributed by atoms with Gasteiger partial charge in [-0.1, -0.05) is 57.0 Å². The third-order valence-electron chi connectivity index (χ3n) is 5.16. The summed E-state index contributed by atoms with van der Waals surface area (Å²) in [6, 6.07) is 10.2. The molecule has 1 aromatic carbocycles. The van der Waals surface area contributed by atoms with Crippen LogP contribution in [0.5, 0.6) is 0 Å². The minimum absolute atomic E-state index is 0.000250. The number of nitrogens with zero attached hydrogens (tertiary/aromatic N) is 1. The maximum absolute atomic E-state index is 13.1. The molecule has 4 atom stereocenters. The Bertz CT molecular complexity index is 678. The Balaban J connectivity index is 2.10. The number of unbranched alkanes of at least 4 members (excludes halogenated alkanes) is 1. The van der Waals surface area contributed by atoms with E-state index in [0.29, 0.717) is 0 Å². The number of amides is 1. The van der Waals surface area contributed by atoms with Gasteiger partial charge in [-0.05, 0) is 25.5 Å². The number of thiazole rings is 1. The lowest BCUT2D eigenvalue weighted by Crippen LogP contribution is -2.48. The fourth-order valence-electron chi connectivity index (χ4n) is 3.52. The first kappa shape index (κ1) is 22.5. The van der Waals surface area contributed by atoms with Crippen molar-refractivity contribution in [1.82, 2.24) is 15.6 Å². The fraction of sp³-hybridized carbons (Fsp3) is 0.545. The van der Waals surface area contributed by atoms with Crippen molar-refractivity contribution in [3.8, 4) is 0 Å². The summed E-state index contributed by atoms with van der Waals surface area (Å²) < 4.78 is 5.74. The summed E-state index contributed by atoms with van der Waals surface area (Å²) in [7, 11) is 3.62. The van der Waals surface area contributed by atoms with Crippen LogP contribution in [0.25, 0.3) is 0 Å². The van der Waals surface area contributed by atoms with E-state index in [-0.39, 0.29) is 30.0 Å². The number of methoxy groups -OCH3 is 1. The second-order valence-corrected chi connectivity index (χ2v) is 8.07. The highest BCUT2D eigenvalue weighted by Crippen LogP contribution is 2.23. The Labute approximate surface area is 172 Å². The standard InChI is InChI=1S/C22H33N3O2S/c1-5-6-12-18(23-3)20(27-4)16(2)21(26)25-19(22-24-13-14-28-22)15-17-10-8-7-9-11-17/h7-11,13-14,16,18-20,23H,5-6,12,15H2,1-4H3,(H,25,26)/t16?,18-,19-,20+/m0/s1. The summed E-state index contributed by atoms with van der Waals surface area (Å²) in [5.41, 5.74) is 1.18. The number of nitrogens with one attached hydrogen (secondary N) is 2. The minimum Gasteiger partial charge on any atom is -0.379 e. The minimum atomic E-state index is -0.266. The second-order valence-electron chi connectivity index (χ2n) is 7.15. The Morgan fingerprint density at radius 2 is 2.04 bits per heavy atom. The fourth-order valence-corrected chi connectivity index (χ4v) is 4.21. The molecule has 0 aliphatic rings. The topological polar surface area (TPSA) is 63.2 Å². The maximum Gasteiger partial charge on any atom is 0.226 e. The quantitative estimate of drug-likeness (QED) is 0.563. The normalized spacial score (nSPS) is 15.6. The summed E-state index contributed by atoms with van der Waals surface area (Å²) in [4.78, 5) is 17.5. The lowest BCUT2D eigenvalue weighted by molar-refractivity contribution is -0.130. The molecule has 28 heavy (non-hydrogen) atoms. The van der Waals surface area contributed by atoms with Gasteiger partial charge in [0.1, 0.15) is 5.01 Å². The van der Waals surface area contributed by atoms with Gasteiger partial charge < -0.3 is 15.4 Å². The van der Waals surface area contributed by atoms with Gasteiger partial charge in [-0.15, -0.1) is 11.3 Å². The van der Waals surface area contributed by atoms with Gasteiger partial charge in [0.05, 0.1) is 18.1 Å². The molecule has 0 aliphatic carbocycles. The molecule has 2 rings (SSSR count). The van der Waals surface area contributed by atoms with Crippen molar-refractivity contribution in [3.63, 3.8) is 0 Å². The number of likely N-dealkylation sites (N-methyl/N-ethyl adjacent to an activating group) is 1. The van der Waals surface area contributed by atoms with Gasteiger partial charge in [-0.25, -0.2) is 4.98 Å². The number of carbonyl (C=O) groups excluding carboxylic acids is 1. The van der Waals surface area contributed by atoms with Crippen LogP contribution in [0.1, 0.15) is 49.7 Å². The molecule has 0 fully saturated rings. The molecule has 6 heteroatoms. The van der Waals surface area contributed by atoms with Crippen molar-refractivity contribution in [2.75, 3.05) is 14.2 Å². The Hall–Kier alpha value is -1.76. The molecule has 0 bridgehead atoms. The zero-order valence-electron chi connectivity index (χ0n) is 17.4. The molecule has 2 N–H and O–H groups in total. The van der Waals surface area contributed by atoms with Gasteiger partial charge in [-0.3, -0.25) is 4.79 Å². The highest BCUT2D eigenvalue weighted by molar-refractivity contribution is 7.09. The Kier molecular flexibility index (Phi) is 9.61. The number of carbonyl (C=O) groups is 1. The van der Waals surface area contributed by atoms with E-state index in [4.69, 9.17) is 4.74 Å². The van der Waals surface area contributed by atoms with Crippen LogP contribution in [-0.4, -0.2) is 37.2 Å². The molecule has 1 amide bonds. The lowest BCUT2D eigenvalue weighted by Gasteiger charge is -2.31. The van der Waals surface area contributed by atoms with Gasteiger partial charge >= 0.3 is 0 Å². The van der Waals surface area contributed by atoms with E-state index < -0.39 is 0 Å². The van der Waals surface area contributed by atoms with Crippen molar-refractivity contribution in [2.45, 2.75) is 57.7 Å². The molecular weight excluding hydrogens is 370 g/mol. The molecule has 1 aromatic heterocycles. The predicted octanol–water partition coefficient (Wildman–Crippen LogP) is 3.97. The molecule has 1 unspecified atom stereocenters. The number of rotatable bonds is 12. The molecular formula is C22H33N3O2S. The SMILES string of the molecule is CCCC[C@H](NC)[C@H](OC)C(C)C(=O)N[C@@H](Cc1ccccc1)c1nccs1. The first-order valence-electron chi connectivity index (χ1n) is 10.0. The monoisotopic (exact) mass is 403 g/mol. The third kappa shape index (κ3) is 6.40. The number of aromatic nitrogens is 1. The average molecular weight is 404 g/mol. The second kappa shape index (κ2) is 11.9. The highest BCUT2D eigenvalue weighted by Gasteiger charge is 2.31. The molecule has 1 heterocycles. The van der Waals surface area contributed by atoms with E-state index >= 15 is 0 Å². The predicted molar refractivity (Wildman–Crippen MR) is 115 cm³/mol. The highest BCUT2D eigenvalue weighted by atomic mass is 32.1. The molecule has 0 spiro atoms. The van der Waals surface area contributed by atoms with Gasteiger partial charge in [0.15, 0.2) is 0 Å². The smallest absolute Gasteiger partial charge is 0.226 e. The zero-order valence-corrected chi connectivity index (χ0v) is 18.2. The first-order valence-corrected chi connectivity index (χ1v) is 10.9. The summed E-state index contributed by atoms with van der Waals surface area (Å²) in [6.07, 6.45) is 5.55. The molecule has 0 aliphatic heterocycles. The van der Waals surface area contributed by atoms with Gasteiger partial charge in [0.2, 0.25) is 5.91 Å². The third-order valence-corrected chi connectivity index (χ3v) is 6.05. The van der Waals surface area contributed by atoms with E-state index in [1.807, 2.05) is 37.6 Å². The summed E-state index contributed by atoms with van der Waals surface area (Å²) in [6.45, 7) is 4.12. The Morgan fingerprint density at radius 1 is 1.29 bits per heavy atom. The molecule has 5 nitrogen and oxygen atoms in total. The van der Waals surface area contributed by atoms with E-state index in [9.17, 15) is 4.79 Å². The van der Waals surface area contributed by atoms with Crippen molar-refractivity contribution < 1.29 is 9.53 Å². The van der Waals surface area contributed by atoms with Crippen LogP contribution in [0.4, 0.5) is 0 Å². The molecule has 0 saturated carbocycles. The number of hydrogen-bond donors (Lipinski definition) is 2. The van der Waals surface area contributed by atoms with Crippen LogP contribution in [0, 0.1) is 5.92 Å². The molecule has 154 valence electrons. The number of ether oxygens (including phenoxy) is 1. The molecule has 0 radical (unpaired) electrons. The zero-order chi connectivity index (χ0) is 20.4. The first-order chi connectivity index (χ1) is 13.6. The lowest BCUT2D eigenvalue weighted by atomic mass is 9.92. The van der Waals surface area contributed by atoms with Crippen LogP contribution >= 0.6 is 11.3 Å². The largest absolute Gasteiger partial charge is 0.379 e. The molecule has 2 aromatic rings. The van der Waals surface area contributed by atoms with Crippen LogP contribution in [0.15, 0.2) is 41.9 Å². The van der Waals surface area contributed by atoms with Crippen molar-refractivity contribution in [1.29, 1.82) is 0 Å². The van der Waals surface area contributed by atoms with Crippen molar-refractivity contribution in [2.24, 2.45) is 5.92 Å². The van der Waals surface area contributed by atoms with Crippen LogP contribution in [-0.2, 0) is 16.0 Å². The Morgan fingerprint density at radius 3 is 2.61 bits per heavy atom. The van der Waals surface area contributed by atoms with Crippen molar-refractivity contribution >= 4 is 17.2 Å². The number of hydrogen-bond acceptors (Lipinski definition) is 5. The summed E-state index contributed by atoms with van der Waals surface area (Å²) in [5.74, 6) is -0.266. The van der Waals surface area contributed by atoms with E-state index in [2.05, 4.69) is 34.7 Å².